The van der Waals surface area contributed by atoms with Gasteiger partial charge in [0.25, 0.3) is 0 Å². The number of morpholine rings is 1. The molecule has 0 unspecified atom stereocenters. The third kappa shape index (κ3) is 8.73. The number of hydrogen-bond donors (Lipinski definition) is 2. The lowest BCUT2D eigenvalue weighted by Crippen LogP contribution is -2.38. The van der Waals surface area contributed by atoms with E-state index in [9.17, 15) is 0 Å². The summed E-state index contributed by atoms with van der Waals surface area (Å²) in [6, 6.07) is 8.60. The van der Waals surface area contributed by atoms with Crippen molar-refractivity contribution in [2.24, 2.45) is 4.99 Å². The Balaban J connectivity index is 1.88. The molecule has 6 nitrogen and oxygen atoms in total. The normalized spacial score (nSPS) is 15.9. The molecule has 152 valence electrons. The summed E-state index contributed by atoms with van der Waals surface area (Å²) in [4.78, 5) is 7.23. The van der Waals surface area contributed by atoms with E-state index in [1.165, 1.54) is 11.1 Å². The highest BCUT2D eigenvalue weighted by molar-refractivity contribution is 5.79. The average Bonchev–Trinajstić information content (AvgIpc) is 2.67. The Morgan fingerprint density at radius 1 is 1.19 bits per heavy atom. The summed E-state index contributed by atoms with van der Waals surface area (Å²) in [5, 5.41) is 6.72. The molecule has 1 aromatic rings. The van der Waals surface area contributed by atoms with Crippen LogP contribution in [0.15, 0.2) is 29.3 Å². The molecule has 0 amide bonds. The summed E-state index contributed by atoms with van der Waals surface area (Å²) in [6.07, 6.45) is 1.26. The van der Waals surface area contributed by atoms with Gasteiger partial charge in [-0.25, -0.2) is 4.99 Å². The van der Waals surface area contributed by atoms with Crippen LogP contribution in [0.2, 0.25) is 0 Å². The molecular formula is C21H36N4O2. The summed E-state index contributed by atoms with van der Waals surface area (Å²) in [5.41, 5.74) is 2.63. The topological polar surface area (TPSA) is 58.1 Å². The van der Waals surface area contributed by atoms with Crippen molar-refractivity contribution in [3.05, 3.63) is 35.4 Å². The van der Waals surface area contributed by atoms with Crippen LogP contribution >= 0.6 is 0 Å². The van der Waals surface area contributed by atoms with E-state index < -0.39 is 0 Å². The summed E-state index contributed by atoms with van der Waals surface area (Å²) >= 11 is 0. The average molecular weight is 377 g/mol. The van der Waals surface area contributed by atoms with Crippen molar-refractivity contribution in [2.45, 2.75) is 46.4 Å². The largest absolute Gasteiger partial charge is 0.379 e. The number of hydrogen-bond acceptors (Lipinski definition) is 4. The maximum atomic E-state index is 5.59. The third-order valence-corrected chi connectivity index (χ3v) is 4.43. The van der Waals surface area contributed by atoms with Crippen LogP contribution in [0.3, 0.4) is 0 Å². The van der Waals surface area contributed by atoms with E-state index in [1.54, 1.807) is 0 Å². The lowest BCUT2D eigenvalue weighted by atomic mass is 10.1. The van der Waals surface area contributed by atoms with Gasteiger partial charge in [0, 0.05) is 39.3 Å². The Hall–Kier alpha value is -1.63. The summed E-state index contributed by atoms with van der Waals surface area (Å²) in [5.74, 6) is 0.864. The van der Waals surface area contributed by atoms with E-state index in [0.717, 1.165) is 64.9 Å². The standard InChI is InChI=1S/C21H36N4O2/c1-4-22-21(23-10-7-13-27-18(2)3)24-16-19-8-5-6-9-20(19)17-25-11-14-26-15-12-25/h5-6,8-9,18H,4,7,10-17H2,1-3H3,(H2,22,23,24). The van der Waals surface area contributed by atoms with Gasteiger partial charge in [-0.1, -0.05) is 24.3 Å². The number of benzene rings is 1. The zero-order valence-corrected chi connectivity index (χ0v) is 17.2. The van der Waals surface area contributed by atoms with Crippen molar-refractivity contribution in [3.8, 4) is 0 Å². The van der Waals surface area contributed by atoms with Gasteiger partial charge in [-0.15, -0.1) is 0 Å². The quantitative estimate of drug-likeness (QED) is 0.373. The summed E-state index contributed by atoms with van der Waals surface area (Å²) in [7, 11) is 0. The second kappa shape index (κ2) is 12.7. The highest BCUT2D eigenvalue weighted by atomic mass is 16.5. The molecule has 1 aliphatic rings. The maximum absolute atomic E-state index is 5.59. The smallest absolute Gasteiger partial charge is 0.191 e. The molecule has 0 radical (unpaired) electrons. The first-order valence-corrected chi connectivity index (χ1v) is 10.2. The van der Waals surface area contributed by atoms with E-state index >= 15 is 0 Å². The van der Waals surface area contributed by atoms with Crippen LogP contribution in [-0.2, 0) is 22.6 Å². The monoisotopic (exact) mass is 376 g/mol. The first-order valence-electron chi connectivity index (χ1n) is 10.2. The second-order valence-corrected chi connectivity index (χ2v) is 7.05. The van der Waals surface area contributed by atoms with E-state index in [0.29, 0.717) is 6.54 Å². The SMILES string of the molecule is CCNC(=NCc1ccccc1CN1CCOCC1)NCCCOC(C)C. The molecule has 0 atom stereocenters. The third-order valence-electron chi connectivity index (χ3n) is 4.43. The van der Waals surface area contributed by atoms with Crippen molar-refractivity contribution in [1.82, 2.24) is 15.5 Å². The molecule has 27 heavy (non-hydrogen) atoms. The predicted molar refractivity (Wildman–Crippen MR) is 111 cm³/mol. The van der Waals surface area contributed by atoms with Gasteiger partial charge in [-0.05, 0) is 38.3 Å². The predicted octanol–water partition coefficient (Wildman–Crippen LogP) is 2.39. The van der Waals surface area contributed by atoms with Crippen LogP contribution in [-0.4, -0.2) is 63.0 Å². The van der Waals surface area contributed by atoms with Crippen molar-refractivity contribution < 1.29 is 9.47 Å². The Labute approximate surface area is 164 Å². The molecular weight excluding hydrogens is 340 g/mol. The van der Waals surface area contributed by atoms with Crippen LogP contribution in [0.1, 0.15) is 38.3 Å². The van der Waals surface area contributed by atoms with Crippen LogP contribution in [0.25, 0.3) is 0 Å². The van der Waals surface area contributed by atoms with Gasteiger partial charge in [0.15, 0.2) is 5.96 Å². The Kier molecular flexibility index (Phi) is 10.2. The molecule has 1 fully saturated rings. The van der Waals surface area contributed by atoms with Crippen LogP contribution in [0, 0.1) is 0 Å². The number of aliphatic imine (C=N–C) groups is 1. The number of ether oxygens (including phenoxy) is 2. The van der Waals surface area contributed by atoms with E-state index in [-0.39, 0.29) is 6.10 Å². The molecule has 1 heterocycles. The number of nitrogens with one attached hydrogen (secondary N) is 2. The fourth-order valence-corrected chi connectivity index (χ4v) is 2.97. The molecule has 0 aliphatic carbocycles. The number of rotatable bonds is 10. The summed E-state index contributed by atoms with van der Waals surface area (Å²) in [6.45, 7) is 14.0. The summed E-state index contributed by atoms with van der Waals surface area (Å²) < 4.78 is 11.0. The zero-order valence-electron chi connectivity index (χ0n) is 17.2. The highest BCUT2D eigenvalue weighted by Crippen LogP contribution is 2.14. The Morgan fingerprint density at radius 3 is 2.63 bits per heavy atom. The van der Waals surface area contributed by atoms with E-state index in [1.807, 2.05) is 0 Å². The lowest BCUT2D eigenvalue weighted by Gasteiger charge is -2.27. The highest BCUT2D eigenvalue weighted by Gasteiger charge is 2.12. The van der Waals surface area contributed by atoms with Gasteiger partial charge < -0.3 is 20.1 Å². The minimum Gasteiger partial charge on any atom is -0.379 e. The molecule has 2 rings (SSSR count). The van der Waals surface area contributed by atoms with Gasteiger partial charge in [-0.3, -0.25) is 4.90 Å². The first-order chi connectivity index (χ1) is 13.2. The van der Waals surface area contributed by atoms with Crippen molar-refractivity contribution >= 4 is 5.96 Å². The number of guanidine groups is 1. The molecule has 1 saturated heterocycles. The van der Waals surface area contributed by atoms with Crippen molar-refractivity contribution in [3.63, 3.8) is 0 Å². The van der Waals surface area contributed by atoms with Crippen LogP contribution < -0.4 is 10.6 Å². The Bertz CT molecular complexity index is 557. The molecule has 0 aromatic heterocycles. The maximum Gasteiger partial charge on any atom is 0.191 e. The van der Waals surface area contributed by atoms with Crippen LogP contribution in [0.5, 0.6) is 0 Å². The molecule has 2 N–H and O–H groups in total. The van der Waals surface area contributed by atoms with E-state index in [4.69, 9.17) is 14.5 Å². The second-order valence-electron chi connectivity index (χ2n) is 7.05. The van der Waals surface area contributed by atoms with Gasteiger partial charge >= 0.3 is 0 Å². The van der Waals surface area contributed by atoms with Crippen molar-refractivity contribution in [2.75, 3.05) is 46.0 Å². The molecule has 1 aromatic carbocycles. The Morgan fingerprint density at radius 2 is 1.93 bits per heavy atom. The first kappa shape index (κ1) is 21.7. The molecule has 0 bridgehead atoms. The zero-order chi connectivity index (χ0) is 19.3. The van der Waals surface area contributed by atoms with Gasteiger partial charge in [-0.2, -0.15) is 0 Å². The van der Waals surface area contributed by atoms with Crippen molar-refractivity contribution in [1.29, 1.82) is 0 Å². The number of nitrogens with zero attached hydrogens (tertiary/aromatic N) is 2. The van der Waals surface area contributed by atoms with E-state index in [2.05, 4.69) is 60.6 Å². The van der Waals surface area contributed by atoms with Gasteiger partial charge in [0.2, 0.25) is 0 Å². The molecule has 6 heteroatoms. The lowest BCUT2D eigenvalue weighted by molar-refractivity contribution is 0.0341. The minimum absolute atomic E-state index is 0.287. The molecule has 0 spiro atoms. The minimum atomic E-state index is 0.287. The van der Waals surface area contributed by atoms with Crippen LogP contribution in [0.4, 0.5) is 0 Å². The van der Waals surface area contributed by atoms with Gasteiger partial charge in [0.1, 0.15) is 0 Å². The fraction of sp³-hybridized carbons (Fsp3) is 0.667. The molecule has 0 saturated carbocycles. The fourth-order valence-electron chi connectivity index (χ4n) is 2.97. The molecule has 1 aliphatic heterocycles. The van der Waals surface area contributed by atoms with Gasteiger partial charge in [0.05, 0.1) is 25.9 Å².